The van der Waals surface area contributed by atoms with Gasteiger partial charge in [-0.1, -0.05) is 30.3 Å². The third kappa shape index (κ3) is 4.51. The minimum Gasteiger partial charge on any atom is -0.493 e. The standard InChI is InChI=1S/C21H21NO4/c1-2-25-20-13-18(11-8-16(20)9-12-21(23)24)26-14-17-10-7-15-5-3-4-6-19(15)22-17/h3-8,10-11,13H,2,9,12,14H2,1H3,(H,23,24). The number of carbonyl (C=O) groups is 1. The molecule has 2 aromatic carbocycles. The highest BCUT2D eigenvalue weighted by Crippen LogP contribution is 2.27. The first-order chi connectivity index (χ1) is 12.7. The van der Waals surface area contributed by atoms with Gasteiger partial charge < -0.3 is 14.6 Å². The van der Waals surface area contributed by atoms with Gasteiger partial charge in [-0.25, -0.2) is 4.98 Å². The predicted octanol–water partition coefficient (Wildman–Crippen LogP) is 4.23. The Labute approximate surface area is 152 Å². The third-order valence-electron chi connectivity index (χ3n) is 3.99. The van der Waals surface area contributed by atoms with Crippen LogP contribution in [-0.2, 0) is 17.8 Å². The lowest BCUT2D eigenvalue weighted by Gasteiger charge is -2.13. The number of hydrogen-bond donors (Lipinski definition) is 1. The zero-order valence-electron chi connectivity index (χ0n) is 14.6. The first-order valence-electron chi connectivity index (χ1n) is 8.60. The van der Waals surface area contributed by atoms with Crippen molar-refractivity contribution in [3.8, 4) is 11.5 Å². The molecule has 5 heteroatoms. The average Bonchev–Trinajstić information content (AvgIpc) is 2.65. The second kappa shape index (κ2) is 8.34. The lowest BCUT2D eigenvalue weighted by Crippen LogP contribution is -2.03. The van der Waals surface area contributed by atoms with Gasteiger partial charge in [0, 0.05) is 17.9 Å². The summed E-state index contributed by atoms with van der Waals surface area (Å²) >= 11 is 0. The summed E-state index contributed by atoms with van der Waals surface area (Å²) in [5, 5.41) is 9.96. The molecule has 0 bridgehead atoms. The fourth-order valence-corrected chi connectivity index (χ4v) is 2.71. The number of pyridine rings is 1. The van der Waals surface area contributed by atoms with Crippen LogP contribution in [0.15, 0.2) is 54.6 Å². The lowest BCUT2D eigenvalue weighted by molar-refractivity contribution is -0.136. The van der Waals surface area contributed by atoms with Crippen LogP contribution in [0.2, 0.25) is 0 Å². The van der Waals surface area contributed by atoms with Crippen molar-refractivity contribution in [3.63, 3.8) is 0 Å². The molecule has 0 atom stereocenters. The number of aryl methyl sites for hydroxylation is 1. The molecule has 26 heavy (non-hydrogen) atoms. The molecule has 0 fully saturated rings. The Kier molecular flexibility index (Phi) is 5.69. The first kappa shape index (κ1) is 17.7. The Bertz CT molecular complexity index is 907. The van der Waals surface area contributed by atoms with Crippen LogP contribution in [0.1, 0.15) is 24.6 Å². The zero-order chi connectivity index (χ0) is 18.4. The van der Waals surface area contributed by atoms with Crippen LogP contribution in [0.5, 0.6) is 11.5 Å². The van der Waals surface area contributed by atoms with E-state index in [2.05, 4.69) is 4.98 Å². The highest BCUT2D eigenvalue weighted by Gasteiger charge is 2.09. The Morgan fingerprint density at radius 3 is 2.73 bits per heavy atom. The Balaban J connectivity index is 1.71. The number of para-hydroxylation sites is 1. The molecule has 0 aliphatic heterocycles. The van der Waals surface area contributed by atoms with Gasteiger partial charge >= 0.3 is 5.97 Å². The SMILES string of the molecule is CCOc1cc(OCc2ccc3ccccc3n2)ccc1CCC(=O)O. The van der Waals surface area contributed by atoms with Crippen molar-refractivity contribution < 1.29 is 19.4 Å². The van der Waals surface area contributed by atoms with E-state index < -0.39 is 5.97 Å². The predicted molar refractivity (Wildman–Crippen MR) is 99.6 cm³/mol. The quantitative estimate of drug-likeness (QED) is 0.658. The number of hydrogen-bond acceptors (Lipinski definition) is 4. The highest BCUT2D eigenvalue weighted by molar-refractivity contribution is 5.78. The van der Waals surface area contributed by atoms with E-state index >= 15 is 0 Å². The second-order valence-corrected chi connectivity index (χ2v) is 5.88. The number of ether oxygens (including phenoxy) is 2. The van der Waals surface area contributed by atoms with Gasteiger partial charge in [0.1, 0.15) is 18.1 Å². The molecule has 3 aromatic rings. The van der Waals surface area contributed by atoms with Crippen LogP contribution < -0.4 is 9.47 Å². The second-order valence-electron chi connectivity index (χ2n) is 5.88. The van der Waals surface area contributed by atoms with Gasteiger partial charge in [-0.05, 0) is 37.1 Å². The minimum atomic E-state index is -0.824. The number of rotatable bonds is 8. The Morgan fingerprint density at radius 1 is 1.08 bits per heavy atom. The Morgan fingerprint density at radius 2 is 1.92 bits per heavy atom. The van der Waals surface area contributed by atoms with Crippen LogP contribution in [0.4, 0.5) is 0 Å². The number of carboxylic acids is 1. The van der Waals surface area contributed by atoms with Gasteiger partial charge in [0.15, 0.2) is 0 Å². The summed E-state index contributed by atoms with van der Waals surface area (Å²) in [5.74, 6) is 0.510. The number of nitrogens with zero attached hydrogens (tertiary/aromatic N) is 1. The number of aromatic nitrogens is 1. The summed E-state index contributed by atoms with van der Waals surface area (Å²) in [4.78, 5) is 15.4. The van der Waals surface area contributed by atoms with E-state index in [1.165, 1.54) is 0 Å². The number of aliphatic carboxylic acids is 1. The van der Waals surface area contributed by atoms with E-state index in [0.29, 0.717) is 31.1 Å². The van der Waals surface area contributed by atoms with Crippen LogP contribution >= 0.6 is 0 Å². The lowest BCUT2D eigenvalue weighted by atomic mass is 10.1. The van der Waals surface area contributed by atoms with Crippen LogP contribution in [0.3, 0.4) is 0 Å². The van der Waals surface area contributed by atoms with Gasteiger partial charge in [0.2, 0.25) is 0 Å². The number of carboxylic acid groups (broad SMARTS) is 1. The van der Waals surface area contributed by atoms with Crippen molar-refractivity contribution in [2.24, 2.45) is 0 Å². The molecule has 0 aliphatic rings. The molecule has 0 saturated carbocycles. The fourth-order valence-electron chi connectivity index (χ4n) is 2.71. The van der Waals surface area contributed by atoms with Crippen LogP contribution in [0.25, 0.3) is 10.9 Å². The van der Waals surface area contributed by atoms with Gasteiger partial charge in [0.05, 0.1) is 17.8 Å². The van der Waals surface area contributed by atoms with Crippen molar-refractivity contribution in [2.45, 2.75) is 26.4 Å². The smallest absolute Gasteiger partial charge is 0.303 e. The summed E-state index contributed by atoms with van der Waals surface area (Å²) in [6.45, 7) is 2.76. The Hall–Kier alpha value is -3.08. The molecule has 0 amide bonds. The third-order valence-corrected chi connectivity index (χ3v) is 3.99. The summed E-state index contributed by atoms with van der Waals surface area (Å²) in [6.07, 6.45) is 0.498. The maximum atomic E-state index is 10.8. The summed E-state index contributed by atoms with van der Waals surface area (Å²) < 4.78 is 11.5. The van der Waals surface area contributed by atoms with Crippen molar-refractivity contribution in [1.82, 2.24) is 4.98 Å². The summed E-state index contributed by atoms with van der Waals surface area (Å²) in [7, 11) is 0. The molecule has 0 aliphatic carbocycles. The molecular weight excluding hydrogens is 330 g/mol. The molecule has 0 unspecified atom stereocenters. The minimum absolute atomic E-state index is 0.0707. The van der Waals surface area contributed by atoms with E-state index in [4.69, 9.17) is 14.6 Å². The largest absolute Gasteiger partial charge is 0.493 e. The van der Waals surface area contributed by atoms with Crippen molar-refractivity contribution >= 4 is 16.9 Å². The molecule has 1 heterocycles. The first-order valence-corrected chi connectivity index (χ1v) is 8.60. The van der Waals surface area contributed by atoms with Gasteiger partial charge in [-0.15, -0.1) is 0 Å². The van der Waals surface area contributed by atoms with Crippen molar-refractivity contribution in [1.29, 1.82) is 0 Å². The monoisotopic (exact) mass is 351 g/mol. The molecule has 1 aromatic heterocycles. The number of benzene rings is 2. The molecule has 134 valence electrons. The zero-order valence-corrected chi connectivity index (χ0v) is 14.6. The van der Waals surface area contributed by atoms with Crippen LogP contribution in [-0.4, -0.2) is 22.7 Å². The number of fused-ring (bicyclic) bond motifs is 1. The maximum absolute atomic E-state index is 10.8. The van der Waals surface area contributed by atoms with Crippen molar-refractivity contribution in [3.05, 3.63) is 65.9 Å². The maximum Gasteiger partial charge on any atom is 0.303 e. The van der Waals surface area contributed by atoms with Gasteiger partial charge in [-0.2, -0.15) is 0 Å². The molecule has 5 nitrogen and oxygen atoms in total. The van der Waals surface area contributed by atoms with Crippen molar-refractivity contribution in [2.75, 3.05) is 6.61 Å². The molecule has 0 spiro atoms. The normalized spacial score (nSPS) is 10.7. The topological polar surface area (TPSA) is 68.7 Å². The van der Waals surface area contributed by atoms with E-state index in [-0.39, 0.29) is 6.42 Å². The molecule has 3 rings (SSSR count). The van der Waals surface area contributed by atoms with Gasteiger partial charge in [0.25, 0.3) is 0 Å². The van der Waals surface area contributed by atoms with E-state index in [1.807, 2.05) is 61.5 Å². The van der Waals surface area contributed by atoms with Gasteiger partial charge in [-0.3, -0.25) is 4.79 Å². The van der Waals surface area contributed by atoms with E-state index in [9.17, 15) is 4.79 Å². The van der Waals surface area contributed by atoms with Crippen LogP contribution in [0, 0.1) is 0 Å². The molecule has 0 radical (unpaired) electrons. The highest BCUT2D eigenvalue weighted by atomic mass is 16.5. The molecule has 1 N–H and O–H groups in total. The molecule has 0 saturated heterocycles. The average molecular weight is 351 g/mol. The van der Waals surface area contributed by atoms with E-state index in [1.54, 1.807) is 0 Å². The van der Waals surface area contributed by atoms with E-state index in [0.717, 1.165) is 22.2 Å². The summed E-state index contributed by atoms with van der Waals surface area (Å²) in [6, 6.07) is 17.4. The fraction of sp³-hybridized carbons (Fsp3) is 0.238. The molecular formula is C21H21NO4. The summed E-state index contributed by atoms with van der Waals surface area (Å²) in [5.41, 5.74) is 2.65.